The van der Waals surface area contributed by atoms with Crippen LogP contribution < -0.4 is 11.3 Å². The van der Waals surface area contributed by atoms with E-state index in [9.17, 15) is 4.79 Å². The molecule has 4 nitrogen and oxygen atoms in total. The van der Waals surface area contributed by atoms with E-state index in [1.165, 1.54) is 6.26 Å². The zero-order valence-electron chi connectivity index (χ0n) is 9.35. The van der Waals surface area contributed by atoms with Gasteiger partial charge < -0.3 is 4.42 Å². The third-order valence-electron chi connectivity index (χ3n) is 2.22. The van der Waals surface area contributed by atoms with Gasteiger partial charge in [0, 0.05) is 9.37 Å². The number of hydrogen-bond acceptors (Lipinski definition) is 4. The van der Waals surface area contributed by atoms with Gasteiger partial charge in [-0.2, -0.15) is 0 Å². The molecule has 3 N–H and O–H groups in total. The van der Waals surface area contributed by atoms with Crippen LogP contribution in [0.5, 0.6) is 0 Å². The van der Waals surface area contributed by atoms with Crippen molar-refractivity contribution in [1.82, 2.24) is 5.43 Å². The normalized spacial score (nSPS) is 10.3. The van der Waals surface area contributed by atoms with Crippen molar-refractivity contribution >= 4 is 33.6 Å². The van der Waals surface area contributed by atoms with Crippen LogP contribution in [0.4, 0.5) is 0 Å². The second-order valence-electron chi connectivity index (χ2n) is 3.52. The van der Waals surface area contributed by atoms with Crippen LogP contribution in [0, 0.1) is 0 Å². The molecule has 0 atom stereocenters. The number of amides is 1. The fraction of sp³-hybridized carbons (Fsp3) is 0.0833. The van der Waals surface area contributed by atoms with Crippen LogP contribution in [0.1, 0.15) is 16.1 Å². The SMILES string of the molecule is NNC(=O)c1coc(CSc2cccc(Br)c2)c1. The number of halogens is 1. The lowest BCUT2D eigenvalue weighted by Crippen LogP contribution is -2.29. The highest BCUT2D eigenvalue weighted by Gasteiger charge is 2.08. The molecular weight excluding hydrogens is 316 g/mol. The fourth-order valence-electron chi connectivity index (χ4n) is 1.37. The van der Waals surface area contributed by atoms with Crippen LogP contribution in [-0.2, 0) is 5.75 Å². The number of rotatable bonds is 4. The molecule has 1 aromatic carbocycles. The largest absolute Gasteiger partial charge is 0.468 e. The Bertz CT molecular complexity index is 557. The summed E-state index contributed by atoms with van der Waals surface area (Å²) in [5.74, 6) is 6.09. The first-order chi connectivity index (χ1) is 8.69. The zero-order valence-corrected chi connectivity index (χ0v) is 11.8. The molecule has 1 aromatic heterocycles. The molecule has 2 aromatic rings. The van der Waals surface area contributed by atoms with Crippen molar-refractivity contribution < 1.29 is 9.21 Å². The quantitative estimate of drug-likeness (QED) is 0.392. The Kier molecular flexibility index (Phi) is 4.46. The van der Waals surface area contributed by atoms with Crippen molar-refractivity contribution in [1.29, 1.82) is 0 Å². The second-order valence-corrected chi connectivity index (χ2v) is 5.49. The number of carbonyl (C=O) groups excluding carboxylic acids is 1. The monoisotopic (exact) mass is 326 g/mol. The van der Waals surface area contributed by atoms with Crippen LogP contribution >= 0.6 is 27.7 Å². The van der Waals surface area contributed by atoms with E-state index in [-0.39, 0.29) is 5.91 Å². The maximum atomic E-state index is 11.2. The van der Waals surface area contributed by atoms with Gasteiger partial charge in [0.15, 0.2) is 0 Å². The number of hydrazine groups is 1. The molecule has 2 rings (SSSR count). The van der Waals surface area contributed by atoms with E-state index in [1.807, 2.05) is 24.3 Å². The van der Waals surface area contributed by atoms with Crippen LogP contribution in [0.2, 0.25) is 0 Å². The molecule has 0 unspecified atom stereocenters. The summed E-state index contributed by atoms with van der Waals surface area (Å²) in [6, 6.07) is 9.68. The van der Waals surface area contributed by atoms with E-state index in [1.54, 1.807) is 17.8 Å². The van der Waals surface area contributed by atoms with Gasteiger partial charge in [0.1, 0.15) is 12.0 Å². The molecule has 0 aliphatic rings. The summed E-state index contributed by atoms with van der Waals surface area (Å²) in [7, 11) is 0. The van der Waals surface area contributed by atoms with Crippen molar-refractivity contribution in [2.75, 3.05) is 0 Å². The number of nitrogen functional groups attached to an aromatic ring is 1. The summed E-state index contributed by atoms with van der Waals surface area (Å²) in [6.07, 6.45) is 1.40. The third kappa shape index (κ3) is 3.38. The van der Waals surface area contributed by atoms with Crippen molar-refractivity contribution in [2.24, 2.45) is 5.84 Å². The third-order valence-corrected chi connectivity index (χ3v) is 3.73. The summed E-state index contributed by atoms with van der Waals surface area (Å²) in [5.41, 5.74) is 2.50. The highest BCUT2D eigenvalue weighted by molar-refractivity contribution is 9.10. The van der Waals surface area contributed by atoms with E-state index in [2.05, 4.69) is 21.4 Å². The topological polar surface area (TPSA) is 68.3 Å². The minimum absolute atomic E-state index is 0.350. The minimum atomic E-state index is -0.350. The van der Waals surface area contributed by atoms with Gasteiger partial charge in [-0.3, -0.25) is 10.2 Å². The van der Waals surface area contributed by atoms with Gasteiger partial charge in [-0.25, -0.2) is 5.84 Å². The molecule has 0 aliphatic carbocycles. The number of nitrogens with two attached hydrogens (primary N) is 1. The molecule has 0 saturated carbocycles. The molecule has 6 heteroatoms. The lowest BCUT2D eigenvalue weighted by atomic mass is 10.3. The fourth-order valence-corrected chi connectivity index (χ4v) is 2.77. The summed E-state index contributed by atoms with van der Waals surface area (Å²) in [4.78, 5) is 12.4. The van der Waals surface area contributed by atoms with E-state index in [0.717, 1.165) is 15.1 Å². The maximum Gasteiger partial charge on any atom is 0.268 e. The number of thioether (sulfide) groups is 1. The van der Waals surface area contributed by atoms with Gasteiger partial charge in [0.2, 0.25) is 0 Å². The first kappa shape index (κ1) is 13.2. The number of carbonyl (C=O) groups is 1. The highest BCUT2D eigenvalue weighted by atomic mass is 79.9. The molecule has 0 saturated heterocycles. The van der Waals surface area contributed by atoms with E-state index < -0.39 is 0 Å². The Morgan fingerprint density at radius 2 is 2.28 bits per heavy atom. The standard InChI is InChI=1S/C12H11BrN2O2S/c13-9-2-1-3-11(5-9)18-7-10-4-8(6-17-10)12(16)15-14/h1-6H,7,14H2,(H,15,16). The first-order valence-electron chi connectivity index (χ1n) is 5.16. The lowest BCUT2D eigenvalue weighted by molar-refractivity contribution is 0.0953. The molecule has 0 radical (unpaired) electrons. The zero-order chi connectivity index (χ0) is 13.0. The summed E-state index contributed by atoms with van der Waals surface area (Å²) in [5, 5.41) is 0. The van der Waals surface area contributed by atoms with Crippen LogP contribution in [0.3, 0.4) is 0 Å². The Labute approximate surface area is 117 Å². The van der Waals surface area contributed by atoms with Crippen molar-refractivity contribution in [3.05, 3.63) is 52.4 Å². The highest BCUT2D eigenvalue weighted by Crippen LogP contribution is 2.26. The molecule has 0 aliphatic heterocycles. The lowest BCUT2D eigenvalue weighted by Gasteiger charge is -1.99. The average molecular weight is 327 g/mol. The number of benzene rings is 1. The Balaban J connectivity index is 1.98. The van der Waals surface area contributed by atoms with Gasteiger partial charge >= 0.3 is 0 Å². The van der Waals surface area contributed by atoms with E-state index in [4.69, 9.17) is 10.3 Å². The van der Waals surface area contributed by atoms with Crippen molar-refractivity contribution in [2.45, 2.75) is 10.6 Å². The Hall–Kier alpha value is -1.24. The van der Waals surface area contributed by atoms with Gasteiger partial charge in [0.05, 0.1) is 11.3 Å². The van der Waals surface area contributed by atoms with Crippen molar-refractivity contribution in [3.63, 3.8) is 0 Å². The van der Waals surface area contributed by atoms with Crippen LogP contribution in [-0.4, -0.2) is 5.91 Å². The van der Waals surface area contributed by atoms with Crippen LogP contribution in [0.15, 0.2) is 50.4 Å². The molecule has 0 spiro atoms. The van der Waals surface area contributed by atoms with Gasteiger partial charge in [-0.05, 0) is 24.3 Å². The molecular formula is C12H11BrN2O2S. The van der Waals surface area contributed by atoms with Gasteiger partial charge in [0.25, 0.3) is 5.91 Å². The maximum absolute atomic E-state index is 11.2. The predicted molar refractivity (Wildman–Crippen MR) is 74.1 cm³/mol. The molecule has 1 heterocycles. The van der Waals surface area contributed by atoms with Gasteiger partial charge in [-0.1, -0.05) is 22.0 Å². The van der Waals surface area contributed by atoms with Gasteiger partial charge in [-0.15, -0.1) is 11.8 Å². The average Bonchev–Trinajstić information content (AvgIpc) is 2.84. The number of furan rings is 1. The summed E-state index contributed by atoms with van der Waals surface area (Å²) >= 11 is 5.05. The number of nitrogens with one attached hydrogen (secondary N) is 1. The molecule has 18 heavy (non-hydrogen) atoms. The Morgan fingerprint density at radius 1 is 1.44 bits per heavy atom. The van der Waals surface area contributed by atoms with E-state index in [0.29, 0.717) is 11.3 Å². The summed E-state index contributed by atoms with van der Waals surface area (Å²) in [6.45, 7) is 0. The number of hydrogen-bond donors (Lipinski definition) is 2. The smallest absolute Gasteiger partial charge is 0.268 e. The summed E-state index contributed by atoms with van der Waals surface area (Å²) < 4.78 is 6.33. The first-order valence-corrected chi connectivity index (χ1v) is 6.93. The van der Waals surface area contributed by atoms with E-state index >= 15 is 0 Å². The Morgan fingerprint density at radius 3 is 3.00 bits per heavy atom. The molecule has 94 valence electrons. The minimum Gasteiger partial charge on any atom is -0.468 e. The predicted octanol–water partition coefficient (Wildman–Crippen LogP) is 2.94. The van der Waals surface area contributed by atoms with Crippen molar-refractivity contribution in [3.8, 4) is 0 Å². The second kappa shape index (κ2) is 6.08. The van der Waals surface area contributed by atoms with Crippen LogP contribution in [0.25, 0.3) is 0 Å². The molecule has 0 fully saturated rings. The molecule has 1 amide bonds. The molecule has 0 bridgehead atoms.